The molecule has 4 amide bonds. The Morgan fingerprint density at radius 2 is 0.614 bits per heavy atom. The monoisotopic (exact) mass is 2140 g/mol. The van der Waals surface area contributed by atoms with E-state index >= 15 is 0 Å². The molecule has 8 fully saturated rings. The summed E-state index contributed by atoms with van der Waals surface area (Å²) in [4.78, 5) is 91.7. The van der Waals surface area contributed by atoms with E-state index in [2.05, 4.69) is 98.1 Å². The molecule has 8 aliphatic heterocycles. The SMILES string of the molecule is C=CC(=O)N1C2CCC1CC(Nc1cc3c(Nc4ccc(Cl)c(Cl)c4F)ncnc3cc1OC)C2.C=CC(=O)N1C2CCC1CC(Nc1cc3c(Nc4ccc(Cl)c(Cl)c4F)ncnc3cc1OC)C2.C=CC(=O)N1C2CCC1CC(Oc1cc3c(Nc4ccc(Cl)c(Cl)c4F)ncnc3cc1OCCCO)C2.C=CC(=O)N1C2CCC1CC(Oc1cc3c(Nc4ccc(Cl)c(Cl)c4F)ncnc3cc1OCCO)C2. The number of nitrogens with one attached hydrogen (secondary N) is 6. The topological polar surface area (TPSA) is 352 Å². The van der Waals surface area contributed by atoms with Crippen molar-refractivity contribution < 1.29 is 75.4 Å². The number of amides is 4. The minimum Gasteiger partial charge on any atom is -0.495 e. The zero-order valence-corrected chi connectivity index (χ0v) is 84.4. The number of anilines is 10. The molecule has 20 rings (SSSR count). The number of methoxy groups -OCH3 is 2. The summed E-state index contributed by atoms with van der Waals surface area (Å²) in [5, 5.41) is 40.0. The maximum Gasteiger partial charge on any atom is 0.246 e. The highest BCUT2D eigenvalue weighted by atomic mass is 35.5. The van der Waals surface area contributed by atoms with Gasteiger partial charge in [-0.1, -0.05) is 119 Å². The van der Waals surface area contributed by atoms with E-state index in [-0.39, 0.29) is 179 Å². The van der Waals surface area contributed by atoms with Crippen LogP contribution in [0, 0.1) is 23.3 Å². The van der Waals surface area contributed by atoms with Gasteiger partial charge in [0.15, 0.2) is 46.3 Å². The predicted molar refractivity (Wildman–Crippen MR) is 556 cm³/mol. The van der Waals surface area contributed by atoms with E-state index in [1.807, 2.05) is 43.9 Å². The summed E-state index contributed by atoms with van der Waals surface area (Å²) in [6.07, 6.45) is 25.0. The normalized spacial score (nSPS) is 20.8. The highest BCUT2D eigenvalue weighted by Gasteiger charge is 2.48. The number of hydrogen-bond donors (Lipinski definition) is 8. The van der Waals surface area contributed by atoms with Gasteiger partial charge in [0, 0.05) is 145 Å². The van der Waals surface area contributed by atoms with Crippen molar-refractivity contribution in [3.63, 3.8) is 0 Å². The minimum absolute atomic E-state index is 0.00151. The lowest BCUT2D eigenvalue weighted by molar-refractivity contribution is -0.132. The third-order valence-electron chi connectivity index (χ3n) is 27.2. The molecule has 0 radical (unpaired) electrons. The zero-order valence-electron chi connectivity index (χ0n) is 78.3. The molecule has 30 nitrogen and oxygen atoms in total. The van der Waals surface area contributed by atoms with Crippen molar-refractivity contribution in [2.24, 2.45) is 0 Å². The van der Waals surface area contributed by atoms with Gasteiger partial charge in [-0.2, -0.15) is 0 Å². The van der Waals surface area contributed by atoms with Gasteiger partial charge in [-0.15, -0.1) is 0 Å². The average Bonchev–Trinajstić information content (AvgIpc) is 0.841. The second kappa shape index (κ2) is 46.1. The van der Waals surface area contributed by atoms with Gasteiger partial charge in [-0.3, -0.25) is 19.2 Å². The standard InChI is InChI=1S/C27H27Cl2FN4O4.C26H25Cl2FN4O4.2C25H24Cl2FN5O2/c1-2-24(36)34-15-4-5-16(34)11-17(10-15)38-23-12-18-21(13-22(23)37-9-3-8-35)31-14-32-27(18)33-20-7-6-19(28)25(29)26(20)30;1-2-23(35)33-14-3-4-15(33)10-16(9-14)37-22-11-17-20(12-21(22)36-8-7-34)30-13-31-26(17)32-19-6-5-18(27)24(28)25(19)29;2*1-3-22(34)33-14-4-5-15(33)9-13(8-14)31-20-10-16-19(11-21(20)35-2)29-12-30-25(16)32-18-7-6-17(26)23(27)24(18)28/h2,6-7,12-17,35H,1,3-5,8-11H2,(H,31,32,33);2,5-6,11-16,34H,1,3-4,7-10H2,(H,30,31,32);2*3,6-7,10-15,31H,1,4-5,8-9H2,2H3,(H,29,30,32). The minimum atomic E-state index is -0.698. The lowest BCUT2D eigenvalue weighted by Gasteiger charge is -2.39. The largest absolute Gasteiger partial charge is 0.495 e. The van der Waals surface area contributed by atoms with E-state index in [1.54, 1.807) is 38.5 Å². The number of aromatic nitrogens is 8. The first-order chi connectivity index (χ1) is 70.1. The Morgan fingerprint density at radius 1 is 0.352 bits per heavy atom. The number of ether oxygens (including phenoxy) is 6. The molecular formula is C103H100Cl8F4N18O12. The molecule has 8 aliphatic rings. The molecule has 8 unspecified atom stereocenters. The number of rotatable bonds is 29. The first-order valence-corrected chi connectivity index (χ1v) is 50.1. The molecule has 8 aromatic carbocycles. The molecule has 0 saturated carbocycles. The fourth-order valence-electron chi connectivity index (χ4n) is 20.8. The Labute approximate surface area is 871 Å². The predicted octanol–water partition coefficient (Wildman–Crippen LogP) is 22.8. The summed E-state index contributed by atoms with van der Waals surface area (Å²) >= 11 is 47.6. The smallest absolute Gasteiger partial charge is 0.246 e. The molecule has 12 heterocycles. The Kier molecular flexibility index (Phi) is 33.0. The molecule has 0 aliphatic carbocycles. The van der Waals surface area contributed by atoms with Gasteiger partial charge in [0.05, 0.1) is 124 Å². The number of piperidine rings is 4. The summed E-state index contributed by atoms with van der Waals surface area (Å²) in [6.45, 7) is 14.7. The van der Waals surface area contributed by atoms with Gasteiger partial charge in [0.25, 0.3) is 0 Å². The lowest BCUT2D eigenvalue weighted by Crippen LogP contribution is -2.49. The Hall–Kier alpha value is -12.5. The third-order valence-corrected chi connectivity index (χ3v) is 30.4. The van der Waals surface area contributed by atoms with Crippen LogP contribution in [0.25, 0.3) is 43.6 Å². The number of benzene rings is 8. The summed E-state index contributed by atoms with van der Waals surface area (Å²) in [6, 6.07) is 27.9. The number of hydrogen-bond acceptors (Lipinski definition) is 26. The Bertz CT molecular complexity index is 6740. The van der Waals surface area contributed by atoms with Crippen LogP contribution in [0.5, 0.6) is 34.5 Å². The number of aliphatic hydroxyl groups excluding tert-OH is 2. The van der Waals surface area contributed by atoms with Gasteiger partial charge >= 0.3 is 0 Å². The zero-order chi connectivity index (χ0) is 102. The fourth-order valence-corrected chi connectivity index (χ4v) is 22.0. The van der Waals surface area contributed by atoms with Gasteiger partial charge in [-0.25, -0.2) is 57.4 Å². The van der Waals surface area contributed by atoms with Gasteiger partial charge in [0.2, 0.25) is 23.6 Å². The van der Waals surface area contributed by atoms with E-state index in [9.17, 15) is 47.0 Å². The number of fused-ring (bicyclic) bond motifs is 12. The molecule has 8 saturated heterocycles. The molecule has 42 heteroatoms. The molecule has 8 bridgehead atoms. The number of aliphatic hydroxyl groups is 2. The van der Waals surface area contributed by atoms with E-state index in [4.69, 9.17) is 121 Å². The van der Waals surface area contributed by atoms with Crippen LogP contribution in [-0.4, -0.2) is 207 Å². The number of halogens is 12. The van der Waals surface area contributed by atoms with Crippen molar-refractivity contribution in [1.82, 2.24) is 59.5 Å². The summed E-state index contributed by atoms with van der Waals surface area (Å²) in [5.74, 6) is 1.84. The van der Waals surface area contributed by atoms with Gasteiger partial charge in [-0.05, 0) is 174 Å². The summed E-state index contributed by atoms with van der Waals surface area (Å²) in [7, 11) is 3.21. The molecular weight excluding hydrogens is 2040 g/mol. The van der Waals surface area contributed by atoms with Crippen molar-refractivity contribution in [3.8, 4) is 34.5 Å². The molecule has 12 aromatic rings. The summed E-state index contributed by atoms with van der Waals surface area (Å²) in [5.41, 5.74) is 4.44. The number of carbonyl (C=O) groups excluding carboxylic acids is 4. The molecule has 4 aromatic heterocycles. The fraction of sp³-hybridized carbons (Fsp3) is 0.340. The van der Waals surface area contributed by atoms with E-state index in [0.29, 0.717) is 140 Å². The Balaban J connectivity index is 0.000000132. The van der Waals surface area contributed by atoms with Crippen molar-refractivity contribution >= 4 is 217 Å². The van der Waals surface area contributed by atoms with Crippen LogP contribution >= 0.6 is 92.8 Å². The van der Waals surface area contributed by atoms with Crippen LogP contribution in [0.15, 0.2) is 173 Å². The molecule has 758 valence electrons. The lowest BCUT2D eigenvalue weighted by atomic mass is 9.96. The maximum atomic E-state index is 14.7. The summed E-state index contributed by atoms with van der Waals surface area (Å²) < 4.78 is 94.7. The van der Waals surface area contributed by atoms with Gasteiger partial charge < -0.3 is 90.1 Å². The molecule has 8 atom stereocenters. The highest BCUT2D eigenvalue weighted by Crippen LogP contribution is 2.49. The second-order valence-electron chi connectivity index (χ2n) is 35.9. The third kappa shape index (κ3) is 22.6. The van der Waals surface area contributed by atoms with Crippen LogP contribution < -0.4 is 60.3 Å². The van der Waals surface area contributed by atoms with Crippen molar-refractivity contribution in [3.05, 3.63) is 236 Å². The van der Waals surface area contributed by atoms with Crippen LogP contribution in [0.4, 0.5) is 75.0 Å². The highest BCUT2D eigenvalue weighted by molar-refractivity contribution is 6.44. The van der Waals surface area contributed by atoms with E-state index in [0.717, 1.165) is 88.4 Å². The second-order valence-corrected chi connectivity index (χ2v) is 39.1. The average molecular weight is 2140 g/mol. The van der Waals surface area contributed by atoms with Crippen molar-refractivity contribution in [2.75, 3.05) is 72.5 Å². The first-order valence-electron chi connectivity index (χ1n) is 47.0. The number of carbonyl (C=O) groups is 4. The first kappa shape index (κ1) is 104. The molecule has 0 spiro atoms. The Morgan fingerprint density at radius 3 is 0.876 bits per heavy atom. The molecule has 145 heavy (non-hydrogen) atoms. The van der Waals surface area contributed by atoms with E-state index in [1.165, 1.54) is 98.1 Å². The molecule has 8 N–H and O–H groups in total. The van der Waals surface area contributed by atoms with Crippen LogP contribution in [0.3, 0.4) is 0 Å². The van der Waals surface area contributed by atoms with Crippen molar-refractivity contribution in [2.45, 2.75) is 182 Å². The van der Waals surface area contributed by atoms with Crippen LogP contribution in [0.2, 0.25) is 40.2 Å². The quantitative estimate of drug-likeness (QED) is 0.00934. The maximum absolute atomic E-state index is 14.7. The van der Waals surface area contributed by atoms with E-state index < -0.39 is 23.3 Å². The van der Waals surface area contributed by atoms with Crippen LogP contribution in [-0.2, 0) is 19.2 Å². The van der Waals surface area contributed by atoms with Gasteiger partial charge in [0.1, 0.15) is 78.9 Å². The van der Waals surface area contributed by atoms with Crippen LogP contribution in [0.1, 0.15) is 109 Å². The number of nitrogens with zero attached hydrogens (tertiary/aromatic N) is 12. The van der Waals surface area contributed by atoms with Crippen molar-refractivity contribution in [1.29, 1.82) is 0 Å².